The van der Waals surface area contributed by atoms with Crippen LogP contribution in [0.15, 0.2) is 12.2 Å². The van der Waals surface area contributed by atoms with E-state index in [1.54, 1.807) is 12.2 Å². The van der Waals surface area contributed by atoms with Crippen molar-refractivity contribution in [2.45, 2.75) is 16.6 Å². The summed E-state index contributed by atoms with van der Waals surface area (Å²) in [5.74, 6) is 0.303. The third-order valence-corrected chi connectivity index (χ3v) is 8.09. The van der Waals surface area contributed by atoms with E-state index in [1.807, 2.05) is 0 Å². The first kappa shape index (κ1) is 9.72. The van der Waals surface area contributed by atoms with Crippen LogP contribution in [0, 0.1) is 5.92 Å². The molecule has 0 N–H and O–H groups in total. The van der Waals surface area contributed by atoms with E-state index in [9.17, 15) is 13.2 Å². The van der Waals surface area contributed by atoms with Crippen molar-refractivity contribution in [2.75, 3.05) is 11.5 Å². The highest BCUT2D eigenvalue weighted by Gasteiger charge is 2.60. The topological polar surface area (TPSA) is 60.4 Å². The molecule has 4 atom stereocenters. The maximum absolute atomic E-state index is 12.0. The zero-order chi connectivity index (χ0) is 10.6. The molecule has 0 radical (unpaired) electrons. The standard InChI is InChI=1S/C9H10O4S2/c10-8-6-1-2-7(13-8)9(5-6)14(11)3-4-15(9)12/h1-2,6-7H,3-5H2/t6-,7+,14+,15+/m0/s1. The van der Waals surface area contributed by atoms with Gasteiger partial charge in [0.05, 0.1) is 5.92 Å². The quantitative estimate of drug-likeness (QED) is 0.435. The summed E-state index contributed by atoms with van der Waals surface area (Å²) in [6.45, 7) is 0. The van der Waals surface area contributed by atoms with Crippen LogP contribution >= 0.6 is 0 Å². The van der Waals surface area contributed by atoms with Crippen molar-refractivity contribution in [3.8, 4) is 0 Å². The second-order valence-corrected chi connectivity index (χ2v) is 7.88. The second kappa shape index (κ2) is 3.01. The van der Waals surface area contributed by atoms with Crippen molar-refractivity contribution < 1.29 is 17.9 Å². The van der Waals surface area contributed by atoms with Crippen molar-refractivity contribution in [3.05, 3.63) is 12.2 Å². The fourth-order valence-corrected chi connectivity index (χ4v) is 7.16. The van der Waals surface area contributed by atoms with Gasteiger partial charge in [-0.25, -0.2) is 0 Å². The number of ether oxygens (including phenoxy) is 1. The summed E-state index contributed by atoms with van der Waals surface area (Å²) in [7, 11) is -2.28. The minimum Gasteiger partial charge on any atom is -0.455 e. The van der Waals surface area contributed by atoms with Gasteiger partial charge in [-0.2, -0.15) is 0 Å². The summed E-state index contributed by atoms with van der Waals surface area (Å²) >= 11 is 0. The van der Waals surface area contributed by atoms with Gasteiger partial charge in [-0.05, 0) is 12.5 Å². The van der Waals surface area contributed by atoms with Gasteiger partial charge in [-0.3, -0.25) is 13.2 Å². The molecule has 3 aliphatic heterocycles. The van der Waals surface area contributed by atoms with Crippen LogP contribution in [0.5, 0.6) is 0 Å². The maximum atomic E-state index is 12.0. The number of hydrogen-bond donors (Lipinski definition) is 0. The Bertz CT molecular complexity index is 398. The lowest BCUT2D eigenvalue weighted by Gasteiger charge is -2.42. The van der Waals surface area contributed by atoms with Crippen LogP contribution in [-0.2, 0) is 31.1 Å². The Hall–Kier alpha value is -0.490. The lowest BCUT2D eigenvalue weighted by Crippen LogP contribution is -2.56. The van der Waals surface area contributed by atoms with Gasteiger partial charge in [0.1, 0.15) is 6.10 Å². The second-order valence-electron chi connectivity index (χ2n) is 3.96. The molecule has 4 aliphatic rings. The minimum absolute atomic E-state index is 0.269. The van der Waals surface area contributed by atoms with E-state index < -0.39 is 31.8 Å². The Labute approximate surface area is 92.0 Å². The predicted molar refractivity (Wildman–Crippen MR) is 55.9 cm³/mol. The molecule has 82 valence electrons. The number of hydrogen-bond acceptors (Lipinski definition) is 4. The van der Waals surface area contributed by atoms with Gasteiger partial charge in [0.2, 0.25) is 0 Å². The van der Waals surface area contributed by atoms with Gasteiger partial charge in [0.25, 0.3) is 0 Å². The zero-order valence-electron chi connectivity index (χ0n) is 7.88. The van der Waals surface area contributed by atoms with Crippen LogP contribution in [-0.4, -0.2) is 36.1 Å². The summed E-state index contributed by atoms with van der Waals surface area (Å²) in [5.41, 5.74) is 0. The summed E-state index contributed by atoms with van der Waals surface area (Å²) in [5, 5.41) is 0. The van der Waals surface area contributed by atoms with Crippen LogP contribution < -0.4 is 0 Å². The molecule has 2 saturated heterocycles. The van der Waals surface area contributed by atoms with Gasteiger partial charge >= 0.3 is 5.97 Å². The third-order valence-electron chi connectivity index (χ3n) is 3.23. The molecule has 0 aromatic rings. The Morgan fingerprint density at radius 1 is 1.27 bits per heavy atom. The summed E-state index contributed by atoms with van der Waals surface area (Å²) in [6.07, 6.45) is 3.41. The van der Waals surface area contributed by atoms with Gasteiger partial charge in [-0.15, -0.1) is 0 Å². The molecule has 0 unspecified atom stereocenters. The molecule has 0 aromatic carbocycles. The molecule has 1 spiro atoms. The van der Waals surface area contributed by atoms with E-state index in [-0.39, 0.29) is 11.9 Å². The summed E-state index contributed by atoms with van der Waals surface area (Å²) in [4.78, 5) is 11.3. The molecule has 2 bridgehead atoms. The van der Waals surface area contributed by atoms with Crippen molar-refractivity contribution in [2.24, 2.45) is 5.92 Å². The molecule has 1 aliphatic carbocycles. The number of esters is 1. The van der Waals surface area contributed by atoms with Crippen LogP contribution in [0.25, 0.3) is 0 Å². The third kappa shape index (κ3) is 1.09. The Kier molecular flexibility index (Phi) is 1.95. The van der Waals surface area contributed by atoms with Crippen LogP contribution in [0.2, 0.25) is 0 Å². The van der Waals surface area contributed by atoms with Crippen LogP contribution in [0.1, 0.15) is 6.42 Å². The smallest absolute Gasteiger partial charge is 0.313 e. The predicted octanol–water partition coefficient (Wildman–Crippen LogP) is -0.305. The highest BCUT2D eigenvalue weighted by atomic mass is 32.3. The summed E-state index contributed by atoms with van der Waals surface area (Å²) in [6, 6.07) is 0. The van der Waals surface area contributed by atoms with Gasteiger partial charge < -0.3 is 4.74 Å². The number of rotatable bonds is 0. The normalized spacial score (nSPS) is 46.0. The van der Waals surface area contributed by atoms with E-state index >= 15 is 0 Å². The Balaban J connectivity index is 2.09. The number of carbonyl (C=O) groups excluding carboxylic acids is 1. The fraction of sp³-hybridized carbons (Fsp3) is 0.667. The van der Waals surface area contributed by atoms with Crippen molar-refractivity contribution in [1.82, 2.24) is 0 Å². The first-order chi connectivity index (χ1) is 7.14. The van der Waals surface area contributed by atoms with Gasteiger partial charge in [-0.1, -0.05) is 6.08 Å². The molecule has 4 nitrogen and oxygen atoms in total. The number of fused-ring (bicyclic) bond motifs is 1. The molecule has 4 rings (SSSR count). The van der Waals surface area contributed by atoms with E-state index in [2.05, 4.69) is 0 Å². The minimum atomic E-state index is -1.14. The Morgan fingerprint density at radius 3 is 2.40 bits per heavy atom. The fourth-order valence-electron chi connectivity index (χ4n) is 2.42. The average Bonchev–Trinajstić information content (AvgIpc) is 2.50. The molecule has 15 heavy (non-hydrogen) atoms. The largest absolute Gasteiger partial charge is 0.455 e. The average molecular weight is 246 g/mol. The Morgan fingerprint density at radius 2 is 1.93 bits per heavy atom. The SMILES string of the molecule is O=C1O[C@@H]2C=C[C@H]1CC21[S@](=O)CC[S@]1=O. The summed E-state index contributed by atoms with van der Waals surface area (Å²) < 4.78 is 28.3. The molecule has 6 heteroatoms. The van der Waals surface area contributed by atoms with E-state index in [0.29, 0.717) is 17.9 Å². The van der Waals surface area contributed by atoms with Gasteiger partial charge in [0.15, 0.2) is 4.08 Å². The molecular formula is C9H10O4S2. The van der Waals surface area contributed by atoms with E-state index in [0.717, 1.165) is 0 Å². The highest BCUT2D eigenvalue weighted by Crippen LogP contribution is 2.45. The van der Waals surface area contributed by atoms with E-state index in [1.165, 1.54) is 0 Å². The number of carbonyl (C=O) groups is 1. The van der Waals surface area contributed by atoms with E-state index in [4.69, 9.17) is 4.74 Å². The lowest BCUT2D eigenvalue weighted by atomic mass is 9.90. The van der Waals surface area contributed by atoms with Gasteiger partial charge in [0, 0.05) is 33.1 Å². The molecule has 0 saturated carbocycles. The molecular weight excluding hydrogens is 236 g/mol. The lowest BCUT2D eigenvalue weighted by molar-refractivity contribution is -0.157. The van der Waals surface area contributed by atoms with Crippen LogP contribution in [0.3, 0.4) is 0 Å². The molecule has 0 aromatic heterocycles. The van der Waals surface area contributed by atoms with Crippen molar-refractivity contribution in [1.29, 1.82) is 0 Å². The molecule has 2 fully saturated rings. The maximum Gasteiger partial charge on any atom is 0.313 e. The van der Waals surface area contributed by atoms with Crippen molar-refractivity contribution >= 4 is 27.6 Å². The molecule has 3 heterocycles. The first-order valence-corrected chi connectivity index (χ1v) is 7.44. The first-order valence-electron chi connectivity index (χ1n) is 4.80. The van der Waals surface area contributed by atoms with Crippen LogP contribution in [0.4, 0.5) is 0 Å². The highest BCUT2D eigenvalue weighted by molar-refractivity contribution is 8.07. The zero-order valence-corrected chi connectivity index (χ0v) is 9.51. The molecule has 0 amide bonds. The monoisotopic (exact) mass is 246 g/mol. The van der Waals surface area contributed by atoms with Crippen molar-refractivity contribution in [3.63, 3.8) is 0 Å².